The number of carbonyl (C=O) groups excluding carboxylic acids is 1. The molecule has 5 heteroatoms. The van der Waals surface area contributed by atoms with Crippen LogP contribution in [0.4, 0.5) is 0 Å². The molecular formula is C18H26N4O. The van der Waals surface area contributed by atoms with Gasteiger partial charge in [0.2, 0.25) is 5.91 Å². The molecule has 1 aliphatic heterocycles. The summed E-state index contributed by atoms with van der Waals surface area (Å²) in [5.74, 6) is 0.128. The first-order valence-electron chi connectivity index (χ1n) is 8.61. The Hall–Kier alpha value is -1.85. The second-order valence-electron chi connectivity index (χ2n) is 6.17. The molecule has 1 amide bonds. The first-order chi connectivity index (χ1) is 11.2. The van der Waals surface area contributed by atoms with Crippen LogP contribution in [0, 0.1) is 0 Å². The number of hydrogen-bond donors (Lipinski definition) is 3. The van der Waals surface area contributed by atoms with Crippen LogP contribution in [0.3, 0.4) is 0 Å². The molecule has 3 N–H and O–H groups in total. The van der Waals surface area contributed by atoms with E-state index >= 15 is 0 Å². The van der Waals surface area contributed by atoms with Gasteiger partial charge in [-0.15, -0.1) is 0 Å². The van der Waals surface area contributed by atoms with E-state index in [9.17, 15) is 4.79 Å². The summed E-state index contributed by atoms with van der Waals surface area (Å²) in [5.41, 5.74) is 9.08. The summed E-state index contributed by atoms with van der Waals surface area (Å²) in [6, 6.07) is 10.9. The Kier molecular flexibility index (Phi) is 4.98. The van der Waals surface area contributed by atoms with Gasteiger partial charge in [-0.3, -0.25) is 4.79 Å². The maximum atomic E-state index is 11.9. The third-order valence-corrected chi connectivity index (χ3v) is 4.51. The van der Waals surface area contributed by atoms with Crippen molar-refractivity contribution >= 4 is 16.8 Å². The molecule has 5 nitrogen and oxygen atoms in total. The second kappa shape index (κ2) is 7.15. The van der Waals surface area contributed by atoms with E-state index in [0.29, 0.717) is 6.42 Å². The molecule has 1 aromatic carbocycles. The van der Waals surface area contributed by atoms with Gasteiger partial charge >= 0.3 is 0 Å². The van der Waals surface area contributed by atoms with Crippen molar-refractivity contribution in [1.29, 1.82) is 0 Å². The molecule has 2 atom stereocenters. The number of aryl methyl sites for hydroxylation is 1. The highest BCUT2D eigenvalue weighted by molar-refractivity contribution is 5.81. The van der Waals surface area contributed by atoms with Crippen LogP contribution in [-0.4, -0.2) is 16.6 Å². The van der Waals surface area contributed by atoms with Crippen LogP contribution in [0.25, 0.3) is 10.9 Å². The van der Waals surface area contributed by atoms with E-state index in [1.165, 1.54) is 16.6 Å². The van der Waals surface area contributed by atoms with Crippen LogP contribution in [0.1, 0.15) is 51.3 Å². The largest absolute Gasteiger partial charge is 0.343 e. The lowest BCUT2D eigenvalue weighted by Gasteiger charge is -2.14. The van der Waals surface area contributed by atoms with E-state index in [0.717, 1.165) is 25.8 Å². The van der Waals surface area contributed by atoms with Gasteiger partial charge < -0.3 is 9.88 Å². The predicted molar refractivity (Wildman–Crippen MR) is 92.7 cm³/mol. The van der Waals surface area contributed by atoms with Crippen molar-refractivity contribution in [2.24, 2.45) is 0 Å². The number of nitrogens with zero attached hydrogens (tertiary/aromatic N) is 1. The topological polar surface area (TPSA) is 58.1 Å². The van der Waals surface area contributed by atoms with Crippen molar-refractivity contribution in [3.05, 3.63) is 36.0 Å². The van der Waals surface area contributed by atoms with Crippen molar-refractivity contribution in [2.45, 2.75) is 58.3 Å². The SMILES string of the molecule is CCCCC(=O)NC1CC(c2cc3ccccc3n2CC)NN1. The van der Waals surface area contributed by atoms with Crippen LogP contribution in [0.15, 0.2) is 30.3 Å². The molecular weight excluding hydrogens is 288 g/mol. The second-order valence-corrected chi connectivity index (χ2v) is 6.17. The summed E-state index contributed by atoms with van der Waals surface area (Å²) in [5, 5.41) is 4.33. The highest BCUT2D eigenvalue weighted by atomic mass is 16.1. The van der Waals surface area contributed by atoms with Crippen LogP contribution in [-0.2, 0) is 11.3 Å². The summed E-state index contributed by atoms with van der Waals surface area (Å²) >= 11 is 0. The zero-order valence-corrected chi connectivity index (χ0v) is 13.9. The molecule has 3 rings (SSSR count). The Morgan fingerprint density at radius 1 is 1.30 bits per heavy atom. The highest BCUT2D eigenvalue weighted by Crippen LogP contribution is 2.28. The molecule has 1 aromatic heterocycles. The van der Waals surface area contributed by atoms with Gasteiger partial charge in [-0.2, -0.15) is 0 Å². The van der Waals surface area contributed by atoms with Crippen LogP contribution in [0.5, 0.6) is 0 Å². The van der Waals surface area contributed by atoms with Gasteiger partial charge in [0.05, 0.1) is 12.2 Å². The minimum absolute atomic E-state index is 0.00678. The molecule has 1 saturated heterocycles. The van der Waals surface area contributed by atoms with Gasteiger partial charge in [0.1, 0.15) is 0 Å². The molecule has 1 aliphatic rings. The number of benzene rings is 1. The number of nitrogens with one attached hydrogen (secondary N) is 3. The van der Waals surface area contributed by atoms with Crippen LogP contribution in [0.2, 0.25) is 0 Å². The number of amides is 1. The fourth-order valence-corrected chi connectivity index (χ4v) is 3.32. The summed E-state index contributed by atoms with van der Waals surface area (Å²) in [6.45, 7) is 5.21. The van der Waals surface area contributed by atoms with E-state index in [-0.39, 0.29) is 18.1 Å². The monoisotopic (exact) mass is 314 g/mol. The minimum Gasteiger partial charge on any atom is -0.343 e. The Balaban J connectivity index is 1.70. The molecule has 2 unspecified atom stereocenters. The normalized spacial score (nSPS) is 21.0. The van der Waals surface area contributed by atoms with E-state index in [1.807, 2.05) is 0 Å². The van der Waals surface area contributed by atoms with Crippen molar-refractivity contribution in [2.75, 3.05) is 0 Å². The van der Waals surface area contributed by atoms with Gasteiger partial charge in [0.15, 0.2) is 0 Å². The number of aromatic nitrogens is 1. The average Bonchev–Trinajstić information content (AvgIpc) is 3.16. The maximum Gasteiger partial charge on any atom is 0.221 e. The molecule has 1 fully saturated rings. The summed E-state index contributed by atoms with van der Waals surface area (Å²) in [4.78, 5) is 11.9. The molecule has 0 bridgehead atoms. The Morgan fingerprint density at radius 3 is 2.91 bits per heavy atom. The van der Waals surface area contributed by atoms with Gasteiger partial charge in [-0.1, -0.05) is 31.5 Å². The lowest BCUT2D eigenvalue weighted by atomic mass is 10.1. The minimum atomic E-state index is -0.00678. The average molecular weight is 314 g/mol. The van der Waals surface area contributed by atoms with Gasteiger partial charge in [-0.25, -0.2) is 10.9 Å². The molecule has 0 saturated carbocycles. The molecule has 0 aliphatic carbocycles. The van der Waals surface area contributed by atoms with Crippen molar-refractivity contribution < 1.29 is 4.79 Å². The third-order valence-electron chi connectivity index (χ3n) is 4.51. The zero-order chi connectivity index (χ0) is 16.2. The standard InChI is InChI=1S/C18H26N4O/c1-3-5-10-18(23)19-17-12-14(20-21-17)16-11-13-8-6-7-9-15(13)22(16)4-2/h6-9,11,14,17,20-21H,3-5,10,12H2,1-2H3,(H,19,23). The fourth-order valence-electron chi connectivity index (χ4n) is 3.32. The molecule has 2 aromatic rings. The Morgan fingerprint density at radius 2 is 2.13 bits per heavy atom. The Bertz CT molecular complexity index is 679. The van der Waals surface area contributed by atoms with Crippen LogP contribution >= 0.6 is 0 Å². The molecule has 2 heterocycles. The number of carbonyl (C=O) groups is 1. The van der Waals surface area contributed by atoms with Crippen molar-refractivity contribution in [3.63, 3.8) is 0 Å². The van der Waals surface area contributed by atoms with Gasteiger partial charge in [0, 0.05) is 30.6 Å². The van der Waals surface area contributed by atoms with Crippen molar-refractivity contribution in [1.82, 2.24) is 20.7 Å². The van der Waals surface area contributed by atoms with Crippen LogP contribution < -0.4 is 16.2 Å². The summed E-state index contributed by atoms with van der Waals surface area (Å²) in [7, 11) is 0. The van der Waals surface area contributed by atoms with E-state index in [4.69, 9.17) is 0 Å². The van der Waals surface area contributed by atoms with E-state index in [2.05, 4.69) is 64.9 Å². The number of hydrogen-bond acceptors (Lipinski definition) is 3. The first-order valence-corrected chi connectivity index (χ1v) is 8.61. The van der Waals surface area contributed by atoms with E-state index in [1.54, 1.807) is 0 Å². The quantitative estimate of drug-likeness (QED) is 0.768. The predicted octanol–water partition coefficient (Wildman–Crippen LogP) is 2.83. The summed E-state index contributed by atoms with van der Waals surface area (Å²) < 4.78 is 2.34. The molecule has 0 spiro atoms. The number of para-hydroxylation sites is 1. The van der Waals surface area contributed by atoms with Crippen molar-refractivity contribution in [3.8, 4) is 0 Å². The zero-order valence-electron chi connectivity index (χ0n) is 13.9. The maximum absolute atomic E-state index is 11.9. The number of unbranched alkanes of at least 4 members (excludes halogenated alkanes) is 1. The number of rotatable bonds is 6. The van der Waals surface area contributed by atoms with Gasteiger partial charge in [0.25, 0.3) is 0 Å². The smallest absolute Gasteiger partial charge is 0.221 e. The molecule has 23 heavy (non-hydrogen) atoms. The Labute approximate surface area is 137 Å². The lowest BCUT2D eigenvalue weighted by molar-refractivity contribution is -0.122. The third kappa shape index (κ3) is 3.41. The number of fused-ring (bicyclic) bond motifs is 1. The summed E-state index contributed by atoms with van der Waals surface area (Å²) in [6.07, 6.45) is 3.44. The first kappa shape index (κ1) is 16.0. The molecule has 124 valence electrons. The van der Waals surface area contributed by atoms with E-state index < -0.39 is 0 Å². The fraction of sp³-hybridized carbons (Fsp3) is 0.500. The lowest BCUT2D eigenvalue weighted by Crippen LogP contribution is -2.44. The molecule has 0 radical (unpaired) electrons. The number of hydrazine groups is 1. The highest BCUT2D eigenvalue weighted by Gasteiger charge is 2.28. The van der Waals surface area contributed by atoms with Gasteiger partial charge in [-0.05, 0) is 30.9 Å².